The molecule has 0 heterocycles. The summed E-state index contributed by atoms with van der Waals surface area (Å²) in [5.41, 5.74) is -1.33. The van der Waals surface area contributed by atoms with E-state index in [1.54, 1.807) is 0 Å². The molecule has 2 N–H and O–H groups in total. The molecule has 0 aliphatic heterocycles. The van der Waals surface area contributed by atoms with Gasteiger partial charge in [0, 0.05) is 12.1 Å². The van der Waals surface area contributed by atoms with E-state index in [1.807, 2.05) is 0 Å². The van der Waals surface area contributed by atoms with Gasteiger partial charge in [0.2, 0.25) is 0 Å². The fourth-order valence-electron chi connectivity index (χ4n) is 0.857. The topological polar surface area (TPSA) is 49.3 Å². The summed E-state index contributed by atoms with van der Waals surface area (Å²) >= 11 is 0. The third kappa shape index (κ3) is 3.58. The number of hydrogen-bond donors (Lipinski definition) is 2. The summed E-state index contributed by atoms with van der Waals surface area (Å²) in [6.45, 7) is 2.02. The van der Waals surface area contributed by atoms with Gasteiger partial charge in [-0.3, -0.25) is 4.79 Å². The second-order valence-corrected chi connectivity index (χ2v) is 3.88. The number of carbonyl (C=O) groups excluding carboxylic acids is 1. The lowest BCUT2D eigenvalue weighted by molar-refractivity contribution is -0.270. The first-order valence-corrected chi connectivity index (χ1v) is 4.32. The van der Waals surface area contributed by atoms with Crippen LogP contribution in [-0.2, 0) is 4.79 Å². The largest absolute Gasteiger partial charge is 0.463 e. The molecule has 0 fully saturated rings. The number of rotatable bonds is 4. The highest BCUT2D eigenvalue weighted by Gasteiger charge is 2.63. The molecule has 0 aromatic heterocycles. The van der Waals surface area contributed by atoms with Gasteiger partial charge < -0.3 is 10.4 Å². The van der Waals surface area contributed by atoms with Crippen LogP contribution in [0.4, 0.5) is 22.0 Å². The van der Waals surface area contributed by atoms with Crippen molar-refractivity contribution in [1.82, 2.24) is 5.32 Å². The standard InChI is InChI=1S/C8H12F5NO2/c1-6(2,3-4-15)14-5(16)7(9,10)8(11,12)13/h15H,3-4H2,1-2H3,(H,14,16). The Hall–Kier alpha value is -0.920. The van der Waals surface area contributed by atoms with Crippen LogP contribution in [0, 0.1) is 0 Å². The molecule has 0 rings (SSSR count). The maximum atomic E-state index is 12.5. The fourth-order valence-corrected chi connectivity index (χ4v) is 0.857. The molecule has 0 spiro atoms. The van der Waals surface area contributed by atoms with E-state index in [0.29, 0.717) is 0 Å². The van der Waals surface area contributed by atoms with Crippen LogP contribution in [-0.4, -0.2) is 35.3 Å². The van der Waals surface area contributed by atoms with Gasteiger partial charge in [-0.15, -0.1) is 0 Å². The van der Waals surface area contributed by atoms with E-state index >= 15 is 0 Å². The number of nitrogens with one attached hydrogen (secondary N) is 1. The number of hydrogen-bond acceptors (Lipinski definition) is 2. The first kappa shape index (κ1) is 15.1. The van der Waals surface area contributed by atoms with Gasteiger partial charge in [0.25, 0.3) is 0 Å². The van der Waals surface area contributed by atoms with Crippen molar-refractivity contribution in [3.05, 3.63) is 0 Å². The summed E-state index contributed by atoms with van der Waals surface area (Å²) < 4.78 is 60.3. The number of carbonyl (C=O) groups is 1. The summed E-state index contributed by atoms with van der Waals surface area (Å²) in [5, 5.41) is 10.1. The third-order valence-electron chi connectivity index (χ3n) is 1.83. The van der Waals surface area contributed by atoms with Crippen LogP contribution in [0.3, 0.4) is 0 Å². The van der Waals surface area contributed by atoms with Gasteiger partial charge in [0.05, 0.1) is 0 Å². The van der Waals surface area contributed by atoms with Gasteiger partial charge in [-0.1, -0.05) is 0 Å². The lowest BCUT2D eigenvalue weighted by Crippen LogP contribution is -2.56. The van der Waals surface area contributed by atoms with Crippen LogP contribution in [0.2, 0.25) is 0 Å². The predicted octanol–water partition coefficient (Wildman–Crippen LogP) is 1.46. The van der Waals surface area contributed by atoms with Crippen molar-refractivity contribution in [2.24, 2.45) is 0 Å². The highest BCUT2D eigenvalue weighted by atomic mass is 19.4. The molecule has 0 bridgehead atoms. The Labute approximate surface area is 88.6 Å². The quantitative estimate of drug-likeness (QED) is 0.741. The van der Waals surface area contributed by atoms with Gasteiger partial charge in [0.15, 0.2) is 0 Å². The van der Waals surface area contributed by atoms with Gasteiger partial charge in [-0.2, -0.15) is 22.0 Å². The van der Waals surface area contributed by atoms with E-state index in [0.717, 1.165) is 0 Å². The molecule has 16 heavy (non-hydrogen) atoms. The molecule has 0 aliphatic rings. The average Bonchev–Trinajstić information content (AvgIpc) is 2.00. The third-order valence-corrected chi connectivity index (χ3v) is 1.83. The summed E-state index contributed by atoms with van der Waals surface area (Å²) in [7, 11) is 0. The first-order valence-electron chi connectivity index (χ1n) is 4.32. The summed E-state index contributed by atoms with van der Waals surface area (Å²) in [6, 6.07) is 0. The zero-order valence-electron chi connectivity index (χ0n) is 8.66. The Morgan fingerprint density at radius 1 is 1.19 bits per heavy atom. The van der Waals surface area contributed by atoms with Crippen molar-refractivity contribution in [1.29, 1.82) is 0 Å². The first-order chi connectivity index (χ1) is 6.94. The molecule has 96 valence electrons. The number of aliphatic hydroxyl groups is 1. The molecule has 0 saturated carbocycles. The second kappa shape index (κ2) is 4.52. The highest BCUT2D eigenvalue weighted by molar-refractivity contribution is 5.84. The SMILES string of the molecule is CC(C)(CCO)NC(=O)C(F)(F)C(F)(F)F. The summed E-state index contributed by atoms with van der Waals surface area (Å²) in [5.74, 6) is -7.85. The zero-order chi connectivity index (χ0) is 13.2. The Morgan fingerprint density at radius 3 is 1.94 bits per heavy atom. The van der Waals surface area contributed by atoms with Crippen molar-refractivity contribution in [3.8, 4) is 0 Å². The van der Waals surface area contributed by atoms with Gasteiger partial charge in [0.1, 0.15) is 0 Å². The van der Waals surface area contributed by atoms with E-state index in [-0.39, 0.29) is 6.42 Å². The Morgan fingerprint density at radius 2 is 1.62 bits per heavy atom. The Balaban J connectivity index is 4.71. The van der Waals surface area contributed by atoms with Gasteiger partial charge in [-0.05, 0) is 20.3 Å². The summed E-state index contributed by atoms with van der Waals surface area (Å²) in [4.78, 5) is 10.7. The molecule has 1 amide bonds. The van der Waals surface area contributed by atoms with E-state index in [4.69, 9.17) is 5.11 Å². The monoisotopic (exact) mass is 249 g/mol. The summed E-state index contributed by atoms with van der Waals surface area (Å²) in [6.07, 6.45) is -6.06. The molecule has 0 aliphatic carbocycles. The van der Waals surface area contributed by atoms with Crippen molar-refractivity contribution in [2.75, 3.05) is 6.61 Å². The van der Waals surface area contributed by atoms with Crippen molar-refractivity contribution in [2.45, 2.75) is 37.9 Å². The minimum Gasteiger partial charge on any atom is -0.396 e. The molecule has 0 unspecified atom stereocenters. The van der Waals surface area contributed by atoms with Gasteiger partial charge >= 0.3 is 18.0 Å². The minimum atomic E-state index is -5.92. The fraction of sp³-hybridized carbons (Fsp3) is 0.875. The van der Waals surface area contributed by atoms with Crippen LogP contribution in [0.1, 0.15) is 20.3 Å². The Kier molecular flexibility index (Phi) is 4.26. The average molecular weight is 249 g/mol. The van der Waals surface area contributed by atoms with Crippen molar-refractivity contribution < 1.29 is 31.9 Å². The Bertz CT molecular complexity index is 262. The lowest BCUT2D eigenvalue weighted by atomic mass is 10.0. The molecule has 0 aromatic carbocycles. The minimum absolute atomic E-state index is 0.132. The number of alkyl halides is 5. The lowest BCUT2D eigenvalue weighted by Gasteiger charge is -2.28. The van der Waals surface area contributed by atoms with Crippen LogP contribution in [0.25, 0.3) is 0 Å². The molecule has 3 nitrogen and oxygen atoms in total. The second-order valence-electron chi connectivity index (χ2n) is 3.88. The maximum Gasteiger partial charge on any atom is 0.463 e. The normalized spacial score (nSPS) is 13.8. The van der Waals surface area contributed by atoms with Crippen LogP contribution < -0.4 is 5.32 Å². The zero-order valence-corrected chi connectivity index (χ0v) is 8.66. The molecular formula is C8H12F5NO2. The van der Waals surface area contributed by atoms with E-state index < -0.39 is 30.2 Å². The molecule has 0 atom stereocenters. The maximum absolute atomic E-state index is 12.5. The highest BCUT2D eigenvalue weighted by Crippen LogP contribution is 2.35. The molecule has 0 aromatic rings. The molecule has 0 saturated heterocycles. The number of aliphatic hydroxyl groups excluding tert-OH is 1. The van der Waals surface area contributed by atoms with E-state index in [2.05, 4.69) is 0 Å². The van der Waals surface area contributed by atoms with E-state index in [1.165, 1.54) is 19.2 Å². The van der Waals surface area contributed by atoms with Gasteiger partial charge in [-0.25, -0.2) is 0 Å². The molecule has 0 radical (unpaired) electrons. The smallest absolute Gasteiger partial charge is 0.396 e. The predicted molar refractivity (Wildman–Crippen MR) is 44.9 cm³/mol. The van der Waals surface area contributed by atoms with Crippen LogP contribution >= 0.6 is 0 Å². The van der Waals surface area contributed by atoms with Crippen molar-refractivity contribution >= 4 is 5.91 Å². The van der Waals surface area contributed by atoms with Crippen LogP contribution in [0.5, 0.6) is 0 Å². The number of halogens is 5. The molecule has 8 heteroatoms. The van der Waals surface area contributed by atoms with E-state index in [9.17, 15) is 26.7 Å². The number of amides is 1. The van der Waals surface area contributed by atoms with Crippen molar-refractivity contribution in [3.63, 3.8) is 0 Å². The molecular weight excluding hydrogens is 237 g/mol. The van der Waals surface area contributed by atoms with Crippen LogP contribution in [0.15, 0.2) is 0 Å².